The summed E-state index contributed by atoms with van der Waals surface area (Å²) >= 11 is 3.41. The Morgan fingerprint density at radius 3 is 2.38 bits per heavy atom. The SMILES string of the molecule is COc1cc(F)cc(N(COCC[Si](C)(C)C)C(=O)c2cc(OC)ccc2Br)c1. The highest BCUT2D eigenvalue weighted by Gasteiger charge is 2.23. The van der Waals surface area contributed by atoms with Crippen molar-refractivity contribution < 1.29 is 23.4 Å². The number of methoxy groups -OCH3 is 2. The monoisotopic (exact) mass is 483 g/mol. The molecule has 0 atom stereocenters. The molecule has 8 heteroatoms. The highest BCUT2D eigenvalue weighted by atomic mass is 79.9. The van der Waals surface area contributed by atoms with Crippen LogP contribution >= 0.6 is 15.9 Å². The minimum absolute atomic E-state index is 0.000426. The van der Waals surface area contributed by atoms with Crippen molar-refractivity contribution in [1.82, 2.24) is 0 Å². The number of hydrogen-bond donors (Lipinski definition) is 0. The fraction of sp³-hybridized carbons (Fsp3) is 0.381. The van der Waals surface area contributed by atoms with E-state index in [1.807, 2.05) is 0 Å². The molecule has 2 aromatic carbocycles. The summed E-state index contributed by atoms with van der Waals surface area (Å²) in [7, 11) is 1.71. The maximum absolute atomic E-state index is 14.1. The standard InChI is InChI=1S/C21H27BrFNO4Si/c1-26-17-6-7-20(22)19(13-17)21(25)24(14-28-8-9-29(3,4)5)16-10-15(23)11-18(12-16)27-2/h6-7,10-13H,8-9,14H2,1-5H3. The lowest BCUT2D eigenvalue weighted by atomic mass is 10.1. The summed E-state index contributed by atoms with van der Waals surface area (Å²) in [6, 6.07) is 10.2. The van der Waals surface area contributed by atoms with Crippen LogP contribution in [0.2, 0.25) is 25.7 Å². The third-order valence-electron chi connectivity index (χ3n) is 4.27. The fourth-order valence-corrected chi connectivity index (χ4v) is 3.72. The van der Waals surface area contributed by atoms with E-state index in [1.54, 1.807) is 24.3 Å². The second-order valence-corrected chi connectivity index (χ2v) is 14.3. The molecule has 1 amide bonds. The van der Waals surface area contributed by atoms with Gasteiger partial charge < -0.3 is 14.2 Å². The van der Waals surface area contributed by atoms with Crippen molar-refractivity contribution in [3.8, 4) is 11.5 Å². The van der Waals surface area contributed by atoms with Crippen molar-refractivity contribution in [2.45, 2.75) is 25.7 Å². The predicted molar refractivity (Wildman–Crippen MR) is 119 cm³/mol. The summed E-state index contributed by atoms with van der Waals surface area (Å²) in [6.45, 7) is 7.29. The fourth-order valence-electron chi connectivity index (χ4n) is 2.55. The van der Waals surface area contributed by atoms with Gasteiger partial charge in [-0.3, -0.25) is 9.69 Å². The Kier molecular flexibility index (Phi) is 8.24. The molecule has 0 saturated carbocycles. The summed E-state index contributed by atoms with van der Waals surface area (Å²) < 4.78 is 30.9. The molecule has 0 aliphatic rings. The average molecular weight is 484 g/mol. The first-order chi connectivity index (χ1) is 13.6. The van der Waals surface area contributed by atoms with Gasteiger partial charge in [0, 0.05) is 31.3 Å². The molecule has 0 aliphatic carbocycles. The molecule has 0 fully saturated rings. The zero-order valence-corrected chi connectivity index (χ0v) is 20.0. The Balaban J connectivity index is 2.36. The second kappa shape index (κ2) is 10.2. The van der Waals surface area contributed by atoms with Crippen LogP contribution in [0.4, 0.5) is 10.1 Å². The zero-order valence-electron chi connectivity index (χ0n) is 17.4. The number of halogens is 2. The number of hydrogen-bond acceptors (Lipinski definition) is 4. The maximum atomic E-state index is 14.1. The molecule has 0 saturated heterocycles. The van der Waals surface area contributed by atoms with E-state index >= 15 is 0 Å². The first-order valence-corrected chi connectivity index (χ1v) is 13.7. The summed E-state index contributed by atoms with van der Waals surface area (Å²) in [6.07, 6.45) is 0. The quantitative estimate of drug-likeness (QED) is 0.266. The third kappa shape index (κ3) is 6.83. The molecule has 5 nitrogen and oxygen atoms in total. The van der Waals surface area contributed by atoms with Crippen LogP contribution in [0.1, 0.15) is 10.4 Å². The lowest BCUT2D eigenvalue weighted by Crippen LogP contribution is -2.34. The van der Waals surface area contributed by atoms with Gasteiger partial charge in [0.1, 0.15) is 24.0 Å². The van der Waals surface area contributed by atoms with Crippen LogP contribution < -0.4 is 14.4 Å². The summed E-state index contributed by atoms with van der Waals surface area (Å²) in [5.41, 5.74) is 0.746. The van der Waals surface area contributed by atoms with Crippen molar-refractivity contribution in [3.05, 3.63) is 52.3 Å². The number of ether oxygens (including phenoxy) is 3. The lowest BCUT2D eigenvalue weighted by molar-refractivity contribution is 0.0899. The number of nitrogens with zero attached hydrogens (tertiary/aromatic N) is 1. The Morgan fingerprint density at radius 2 is 1.76 bits per heavy atom. The number of amides is 1. The van der Waals surface area contributed by atoms with Crippen LogP contribution in [0.3, 0.4) is 0 Å². The summed E-state index contributed by atoms with van der Waals surface area (Å²) in [5.74, 6) is 0.0398. The van der Waals surface area contributed by atoms with Crippen LogP contribution in [-0.4, -0.2) is 41.5 Å². The van der Waals surface area contributed by atoms with E-state index in [-0.39, 0.29) is 12.6 Å². The number of benzene rings is 2. The maximum Gasteiger partial charge on any atom is 0.261 e. The molecule has 0 unspecified atom stereocenters. The molecule has 0 heterocycles. The Bertz CT molecular complexity index is 857. The van der Waals surface area contributed by atoms with Gasteiger partial charge in [0.05, 0.1) is 25.5 Å². The van der Waals surface area contributed by atoms with Crippen molar-refractivity contribution in [2.24, 2.45) is 0 Å². The van der Waals surface area contributed by atoms with Gasteiger partial charge in [0.2, 0.25) is 0 Å². The number of anilines is 1. The largest absolute Gasteiger partial charge is 0.497 e. The van der Waals surface area contributed by atoms with Gasteiger partial charge in [-0.1, -0.05) is 19.6 Å². The van der Waals surface area contributed by atoms with Crippen molar-refractivity contribution in [3.63, 3.8) is 0 Å². The van der Waals surface area contributed by atoms with Crippen molar-refractivity contribution in [2.75, 3.05) is 32.5 Å². The van der Waals surface area contributed by atoms with E-state index in [2.05, 4.69) is 35.6 Å². The molecule has 29 heavy (non-hydrogen) atoms. The molecule has 0 spiro atoms. The molecule has 0 radical (unpaired) electrons. The number of carbonyl (C=O) groups excluding carboxylic acids is 1. The number of carbonyl (C=O) groups is 1. The molecule has 158 valence electrons. The molecule has 2 rings (SSSR count). The Morgan fingerprint density at radius 1 is 1.07 bits per heavy atom. The van der Waals surface area contributed by atoms with Crippen LogP contribution in [-0.2, 0) is 4.74 Å². The molecule has 2 aromatic rings. The second-order valence-electron chi connectivity index (χ2n) is 7.78. The van der Waals surface area contributed by atoms with Crippen molar-refractivity contribution in [1.29, 1.82) is 0 Å². The molecule has 0 bridgehead atoms. The van der Waals surface area contributed by atoms with Crippen LogP contribution in [0.15, 0.2) is 40.9 Å². The van der Waals surface area contributed by atoms with Gasteiger partial charge in [-0.2, -0.15) is 0 Å². The van der Waals surface area contributed by atoms with Gasteiger partial charge in [-0.15, -0.1) is 0 Å². The van der Waals surface area contributed by atoms with Crippen LogP contribution in [0.25, 0.3) is 0 Å². The lowest BCUT2D eigenvalue weighted by Gasteiger charge is -2.25. The Hall–Kier alpha value is -1.90. The molecule has 0 aromatic heterocycles. The topological polar surface area (TPSA) is 48.0 Å². The van der Waals surface area contributed by atoms with E-state index in [1.165, 1.54) is 31.3 Å². The first-order valence-electron chi connectivity index (χ1n) is 9.22. The molecular weight excluding hydrogens is 457 g/mol. The highest BCUT2D eigenvalue weighted by molar-refractivity contribution is 9.10. The van der Waals surface area contributed by atoms with Crippen LogP contribution in [0, 0.1) is 5.82 Å². The van der Waals surface area contributed by atoms with Gasteiger partial charge >= 0.3 is 0 Å². The van der Waals surface area contributed by atoms with E-state index < -0.39 is 13.9 Å². The van der Waals surface area contributed by atoms with E-state index in [0.29, 0.717) is 33.8 Å². The predicted octanol–water partition coefficient (Wildman–Crippen LogP) is 5.56. The molecular formula is C21H27BrFNO4Si. The smallest absolute Gasteiger partial charge is 0.261 e. The van der Waals surface area contributed by atoms with Crippen LogP contribution in [0.5, 0.6) is 11.5 Å². The zero-order chi connectivity index (χ0) is 21.6. The highest BCUT2D eigenvalue weighted by Crippen LogP contribution is 2.29. The van der Waals surface area contributed by atoms with Gasteiger partial charge in [0.25, 0.3) is 5.91 Å². The van der Waals surface area contributed by atoms with Gasteiger partial charge in [-0.05, 0) is 46.2 Å². The molecule has 0 aliphatic heterocycles. The normalized spacial score (nSPS) is 11.3. The Labute approximate surface area is 180 Å². The van der Waals surface area contributed by atoms with Gasteiger partial charge in [-0.25, -0.2) is 4.39 Å². The minimum Gasteiger partial charge on any atom is -0.497 e. The van der Waals surface area contributed by atoms with E-state index in [4.69, 9.17) is 14.2 Å². The average Bonchev–Trinajstić information content (AvgIpc) is 2.66. The summed E-state index contributed by atoms with van der Waals surface area (Å²) in [4.78, 5) is 14.7. The van der Waals surface area contributed by atoms with E-state index in [9.17, 15) is 9.18 Å². The van der Waals surface area contributed by atoms with Crippen molar-refractivity contribution >= 4 is 35.6 Å². The van der Waals surface area contributed by atoms with E-state index in [0.717, 1.165) is 6.04 Å². The van der Waals surface area contributed by atoms with Gasteiger partial charge in [0.15, 0.2) is 0 Å². The first kappa shape index (κ1) is 23.4. The summed E-state index contributed by atoms with van der Waals surface area (Å²) in [5, 5.41) is 0. The molecule has 0 N–H and O–H groups in total. The minimum atomic E-state index is -1.28. The number of rotatable bonds is 9. The third-order valence-corrected chi connectivity index (χ3v) is 6.66.